The number of carbonyl (C=O) groups is 1. The van der Waals surface area contributed by atoms with E-state index >= 15 is 0 Å². The van der Waals surface area contributed by atoms with Crippen LogP contribution in [0, 0.1) is 0 Å². The van der Waals surface area contributed by atoms with E-state index in [-0.39, 0.29) is 5.91 Å². The second-order valence-electron chi connectivity index (χ2n) is 6.96. The van der Waals surface area contributed by atoms with Crippen molar-refractivity contribution in [2.75, 3.05) is 14.1 Å². The number of aryl methyl sites for hydroxylation is 2. The largest absolute Gasteiger partial charge is 0.339 e. The summed E-state index contributed by atoms with van der Waals surface area (Å²) in [5.74, 6) is 0.145. The minimum absolute atomic E-state index is 0.145. The maximum atomic E-state index is 11.3. The van der Waals surface area contributed by atoms with E-state index in [9.17, 15) is 4.79 Å². The van der Waals surface area contributed by atoms with Crippen molar-refractivity contribution in [3.8, 4) is 0 Å². The fourth-order valence-corrected chi connectivity index (χ4v) is 4.01. The molecule has 3 heteroatoms. The number of benzene rings is 2. The highest BCUT2D eigenvalue weighted by Crippen LogP contribution is 2.34. The van der Waals surface area contributed by atoms with E-state index in [4.69, 9.17) is 0 Å². The summed E-state index contributed by atoms with van der Waals surface area (Å²) >= 11 is 0. The molecule has 0 saturated heterocycles. The Morgan fingerprint density at radius 2 is 1.52 bits per heavy atom. The highest BCUT2D eigenvalue weighted by atomic mass is 16.2. The molecule has 0 saturated carbocycles. The molecule has 0 radical (unpaired) electrons. The molecule has 2 atom stereocenters. The number of nitrogens with one attached hydrogen (secondary N) is 1. The van der Waals surface area contributed by atoms with Gasteiger partial charge >= 0.3 is 0 Å². The summed E-state index contributed by atoms with van der Waals surface area (Å²) in [5.41, 5.74) is 5.73. The van der Waals surface area contributed by atoms with Crippen molar-refractivity contribution in [2.45, 2.75) is 44.7 Å². The van der Waals surface area contributed by atoms with Gasteiger partial charge in [0.2, 0.25) is 5.91 Å². The molecular weight excluding hydrogens is 308 g/mol. The van der Waals surface area contributed by atoms with Gasteiger partial charge in [-0.25, -0.2) is 0 Å². The Hall–Kier alpha value is -2.13. The van der Waals surface area contributed by atoms with E-state index in [1.54, 1.807) is 6.92 Å². The van der Waals surface area contributed by atoms with Gasteiger partial charge in [0.15, 0.2) is 0 Å². The monoisotopic (exact) mass is 336 g/mol. The van der Waals surface area contributed by atoms with Crippen LogP contribution in [0.5, 0.6) is 0 Å². The van der Waals surface area contributed by atoms with E-state index in [0.717, 1.165) is 12.8 Å². The van der Waals surface area contributed by atoms with E-state index in [2.05, 4.69) is 47.8 Å². The number of hydrogen-bond donors (Lipinski definition) is 1. The highest BCUT2D eigenvalue weighted by molar-refractivity contribution is 5.73. The molecule has 0 aliphatic heterocycles. The maximum absolute atomic E-state index is 11.3. The van der Waals surface area contributed by atoms with Gasteiger partial charge in [0, 0.05) is 20.0 Å². The van der Waals surface area contributed by atoms with E-state index in [1.807, 2.05) is 25.1 Å². The molecule has 2 aromatic carbocycles. The predicted molar refractivity (Wildman–Crippen MR) is 103 cm³/mol. The van der Waals surface area contributed by atoms with Crippen molar-refractivity contribution in [1.29, 1.82) is 0 Å². The summed E-state index contributed by atoms with van der Waals surface area (Å²) in [7, 11) is 3.92. The normalized spacial score (nSPS) is 20.3. The minimum Gasteiger partial charge on any atom is -0.339 e. The summed E-state index contributed by atoms with van der Waals surface area (Å²) in [6, 6.07) is 18.0. The van der Waals surface area contributed by atoms with Crippen LogP contribution in [-0.2, 0) is 17.6 Å². The SMILES string of the molecule is CC(=O)N(C)C1CCc2ccccc21.CNC1CCc2ccccc21. The summed E-state index contributed by atoms with van der Waals surface area (Å²) in [4.78, 5) is 13.1. The first kappa shape index (κ1) is 17.7. The lowest BCUT2D eigenvalue weighted by atomic mass is 10.1. The summed E-state index contributed by atoms with van der Waals surface area (Å²) < 4.78 is 0. The second kappa shape index (κ2) is 7.83. The Kier molecular flexibility index (Phi) is 5.54. The molecule has 2 aromatic rings. The van der Waals surface area contributed by atoms with Gasteiger partial charge in [0.25, 0.3) is 0 Å². The third kappa shape index (κ3) is 3.77. The molecule has 132 valence electrons. The van der Waals surface area contributed by atoms with E-state index in [0.29, 0.717) is 12.1 Å². The topological polar surface area (TPSA) is 32.3 Å². The predicted octanol–water partition coefficient (Wildman–Crippen LogP) is 4.05. The first-order chi connectivity index (χ1) is 12.1. The van der Waals surface area contributed by atoms with Gasteiger partial charge in [-0.1, -0.05) is 48.5 Å². The Labute approximate surface area is 151 Å². The summed E-state index contributed by atoms with van der Waals surface area (Å²) in [6.45, 7) is 1.63. The lowest BCUT2D eigenvalue weighted by Crippen LogP contribution is -2.27. The van der Waals surface area contributed by atoms with Crippen molar-refractivity contribution >= 4 is 5.91 Å². The molecule has 1 N–H and O–H groups in total. The highest BCUT2D eigenvalue weighted by Gasteiger charge is 2.26. The van der Waals surface area contributed by atoms with Crippen molar-refractivity contribution in [3.63, 3.8) is 0 Å². The molecule has 0 fully saturated rings. The number of carbonyl (C=O) groups excluding carboxylic acids is 1. The number of fused-ring (bicyclic) bond motifs is 2. The van der Waals surface area contributed by atoms with Gasteiger partial charge in [-0.05, 0) is 55.0 Å². The zero-order valence-electron chi connectivity index (χ0n) is 15.5. The third-order valence-corrected chi connectivity index (χ3v) is 5.55. The van der Waals surface area contributed by atoms with Crippen LogP contribution in [0.4, 0.5) is 0 Å². The number of nitrogens with zero attached hydrogens (tertiary/aromatic N) is 1. The quantitative estimate of drug-likeness (QED) is 0.897. The van der Waals surface area contributed by atoms with Crippen LogP contribution in [0.3, 0.4) is 0 Å². The molecule has 2 aliphatic rings. The van der Waals surface area contributed by atoms with Crippen LogP contribution in [0.1, 0.15) is 54.1 Å². The van der Waals surface area contributed by atoms with Crippen LogP contribution in [0.15, 0.2) is 48.5 Å². The number of amides is 1. The first-order valence-electron chi connectivity index (χ1n) is 9.18. The summed E-state index contributed by atoms with van der Waals surface area (Å²) in [6.07, 6.45) is 4.66. The van der Waals surface area contributed by atoms with Gasteiger partial charge in [-0.15, -0.1) is 0 Å². The minimum atomic E-state index is 0.145. The van der Waals surface area contributed by atoms with Gasteiger partial charge in [0.1, 0.15) is 0 Å². The zero-order chi connectivity index (χ0) is 17.8. The molecule has 1 amide bonds. The Morgan fingerprint density at radius 3 is 2.16 bits per heavy atom. The van der Waals surface area contributed by atoms with Crippen LogP contribution >= 0.6 is 0 Å². The number of hydrogen-bond acceptors (Lipinski definition) is 2. The maximum Gasteiger partial charge on any atom is 0.219 e. The number of rotatable bonds is 2. The van der Waals surface area contributed by atoms with Crippen LogP contribution in [0.25, 0.3) is 0 Å². The molecule has 3 nitrogen and oxygen atoms in total. The molecule has 0 spiro atoms. The van der Waals surface area contributed by atoms with Gasteiger partial charge < -0.3 is 10.2 Å². The molecule has 2 aliphatic carbocycles. The third-order valence-electron chi connectivity index (χ3n) is 5.55. The lowest BCUT2D eigenvalue weighted by molar-refractivity contribution is -0.129. The Balaban J connectivity index is 0.000000150. The molecule has 25 heavy (non-hydrogen) atoms. The van der Waals surface area contributed by atoms with Crippen molar-refractivity contribution < 1.29 is 4.79 Å². The first-order valence-corrected chi connectivity index (χ1v) is 9.18. The standard InChI is InChI=1S/C12H15NO.C10H13N/c1-9(14)13(2)12-8-7-10-5-3-4-6-11(10)12;1-11-10-7-6-8-4-2-3-5-9(8)10/h3-6,12H,7-8H2,1-2H3;2-5,10-11H,6-7H2,1H3. The second-order valence-corrected chi connectivity index (χ2v) is 6.96. The molecule has 0 aromatic heterocycles. The molecular formula is C22H28N2O. The van der Waals surface area contributed by atoms with Gasteiger partial charge in [-0.2, -0.15) is 0 Å². The Bertz CT molecular complexity index is 740. The average molecular weight is 336 g/mol. The van der Waals surface area contributed by atoms with E-state index < -0.39 is 0 Å². The van der Waals surface area contributed by atoms with Gasteiger partial charge in [-0.3, -0.25) is 4.79 Å². The van der Waals surface area contributed by atoms with Crippen LogP contribution < -0.4 is 5.32 Å². The summed E-state index contributed by atoms with van der Waals surface area (Å²) in [5, 5.41) is 3.32. The van der Waals surface area contributed by atoms with E-state index in [1.165, 1.54) is 35.1 Å². The molecule has 0 heterocycles. The van der Waals surface area contributed by atoms with Crippen molar-refractivity contribution in [1.82, 2.24) is 10.2 Å². The smallest absolute Gasteiger partial charge is 0.219 e. The van der Waals surface area contributed by atoms with Gasteiger partial charge in [0.05, 0.1) is 6.04 Å². The fourth-order valence-electron chi connectivity index (χ4n) is 4.01. The van der Waals surface area contributed by atoms with Crippen molar-refractivity contribution in [2.24, 2.45) is 0 Å². The fraction of sp³-hybridized carbons (Fsp3) is 0.409. The van der Waals surface area contributed by atoms with Crippen LogP contribution in [-0.4, -0.2) is 24.9 Å². The van der Waals surface area contributed by atoms with Crippen LogP contribution in [0.2, 0.25) is 0 Å². The Morgan fingerprint density at radius 1 is 0.960 bits per heavy atom. The molecule has 4 rings (SSSR count). The average Bonchev–Trinajstić information content (AvgIpc) is 3.25. The van der Waals surface area contributed by atoms with Crippen molar-refractivity contribution in [3.05, 3.63) is 70.8 Å². The lowest BCUT2D eigenvalue weighted by Gasteiger charge is -2.23. The molecule has 2 unspecified atom stereocenters. The zero-order valence-corrected chi connectivity index (χ0v) is 15.5. The molecule has 0 bridgehead atoms.